The minimum atomic E-state index is -3.68. The van der Waals surface area contributed by atoms with Crippen LogP contribution in [0.1, 0.15) is 25.7 Å². The second kappa shape index (κ2) is 9.66. The Morgan fingerprint density at radius 2 is 1.52 bits per heavy atom. The monoisotopic (exact) mass is 436 g/mol. The molecule has 0 aromatic heterocycles. The molecule has 0 saturated carbocycles. The first-order valence-electron chi connectivity index (χ1n) is 9.79. The smallest absolute Gasteiger partial charge is 0.415 e. The number of para-hydroxylation sites is 2. The molecule has 1 N–H and O–H groups in total. The molecule has 2 aliphatic heterocycles. The first-order chi connectivity index (χ1) is 13.7. The number of benzene rings is 2. The van der Waals surface area contributed by atoms with Crippen LogP contribution in [0.25, 0.3) is 0 Å². The number of carbonyl (C=O) groups is 1. The lowest BCUT2D eigenvalue weighted by Gasteiger charge is -2.32. The number of rotatable bonds is 6. The number of nitrogens with zero attached hydrogens (tertiary/aromatic N) is 1. The van der Waals surface area contributed by atoms with Crippen LogP contribution in [0.15, 0.2) is 60.7 Å². The van der Waals surface area contributed by atoms with E-state index in [1.54, 1.807) is 29.2 Å². The molecule has 2 heterocycles. The summed E-state index contributed by atoms with van der Waals surface area (Å²) in [6.07, 6.45) is 3.16. The van der Waals surface area contributed by atoms with E-state index in [9.17, 15) is 9.36 Å². The summed E-state index contributed by atoms with van der Waals surface area (Å²) >= 11 is 0. The molecule has 2 atom stereocenters. The molecule has 0 aliphatic carbocycles. The second-order valence-electron chi connectivity index (χ2n) is 7.15. The van der Waals surface area contributed by atoms with Gasteiger partial charge in [0.05, 0.1) is 6.04 Å². The van der Waals surface area contributed by atoms with Gasteiger partial charge < -0.3 is 19.3 Å². The van der Waals surface area contributed by atoms with Crippen molar-refractivity contribution in [3.8, 4) is 11.5 Å². The summed E-state index contributed by atoms with van der Waals surface area (Å²) in [5, 5.41) is 3.24. The average Bonchev–Trinajstić information content (AvgIpc) is 3.41. The number of hydrogen-bond donors (Lipinski definition) is 1. The van der Waals surface area contributed by atoms with E-state index >= 15 is 0 Å². The number of halogens is 1. The molecule has 2 aromatic rings. The highest BCUT2D eigenvalue weighted by Crippen LogP contribution is 2.57. The fourth-order valence-corrected chi connectivity index (χ4v) is 6.01. The van der Waals surface area contributed by atoms with Crippen molar-refractivity contribution in [1.29, 1.82) is 0 Å². The Morgan fingerprint density at radius 3 is 2.03 bits per heavy atom. The van der Waals surface area contributed by atoms with E-state index in [0.29, 0.717) is 24.5 Å². The third kappa shape index (κ3) is 4.95. The molecule has 1 amide bonds. The van der Waals surface area contributed by atoms with Gasteiger partial charge in [0, 0.05) is 6.54 Å². The Kier molecular flexibility index (Phi) is 7.23. The lowest BCUT2D eigenvalue weighted by atomic mass is 10.2. The number of carbonyl (C=O) groups excluding carboxylic acids is 1. The normalized spacial score (nSPS) is 21.4. The Hall–Kier alpha value is -2.01. The fourth-order valence-electron chi connectivity index (χ4n) is 3.83. The maximum atomic E-state index is 14.0. The van der Waals surface area contributed by atoms with Crippen molar-refractivity contribution < 1.29 is 18.4 Å². The maximum Gasteiger partial charge on any atom is 0.453 e. The van der Waals surface area contributed by atoms with Gasteiger partial charge in [-0.1, -0.05) is 36.4 Å². The predicted molar refractivity (Wildman–Crippen MR) is 115 cm³/mol. The van der Waals surface area contributed by atoms with Gasteiger partial charge in [0.25, 0.3) is 0 Å². The molecular weight excluding hydrogens is 411 g/mol. The summed E-state index contributed by atoms with van der Waals surface area (Å²) in [5.74, 6) is 0.344. The number of likely N-dealkylation sites (tertiary alicyclic amines) is 1. The van der Waals surface area contributed by atoms with Gasteiger partial charge in [0.1, 0.15) is 11.5 Å². The van der Waals surface area contributed by atoms with Gasteiger partial charge in [-0.2, -0.15) is 0 Å². The second-order valence-corrected chi connectivity index (χ2v) is 9.19. The van der Waals surface area contributed by atoms with Crippen LogP contribution in [-0.2, 0) is 9.36 Å². The van der Waals surface area contributed by atoms with Crippen molar-refractivity contribution in [2.45, 2.75) is 37.5 Å². The van der Waals surface area contributed by atoms with Crippen molar-refractivity contribution >= 4 is 25.9 Å². The van der Waals surface area contributed by atoms with Gasteiger partial charge in [-0.15, -0.1) is 12.4 Å². The van der Waals surface area contributed by atoms with Crippen molar-refractivity contribution in [3.05, 3.63) is 60.7 Å². The zero-order valence-corrected chi connectivity index (χ0v) is 17.8. The standard InChI is InChI=1S/C21H25N2O4P.ClH/c24-21(19-13-7-15-22-19)23-16-8-14-20(23)28(25,26-17-9-3-1-4-10-17)27-18-11-5-2-6-12-18;/h1-6,9-12,19-20,22H,7-8,13-16H2;1H/t19-,20-;/m0./s1. The molecule has 0 radical (unpaired) electrons. The van der Waals surface area contributed by atoms with Crippen molar-refractivity contribution in [2.75, 3.05) is 13.1 Å². The molecule has 2 saturated heterocycles. The largest absolute Gasteiger partial charge is 0.453 e. The van der Waals surface area contributed by atoms with Crippen molar-refractivity contribution in [3.63, 3.8) is 0 Å². The molecule has 2 aliphatic rings. The Bertz CT molecular complexity index is 801. The molecule has 0 bridgehead atoms. The van der Waals surface area contributed by atoms with Gasteiger partial charge in [-0.3, -0.25) is 4.79 Å². The zero-order chi connectivity index (χ0) is 19.4. The van der Waals surface area contributed by atoms with Crippen LogP contribution >= 0.6 is 20.0 Å². The summed E-state index contributed by atoms with van der Waals surface area (Å²) in [6, 6.07) is 17.8. The van der Waals surface area contributed by atoms with Crippen LogP contribution in [-0.4, -0.2) is 35.7 Å². The van der Waals surface area contributed by atoms with Crippen molar-refractivity contribution in [1.82, 2.24) is 10.2 Å². The SMILES string of the molecule is Cl.O=C([C@@H]1CCCN1)N1CCC[C@@H]1P(=O)(Oc1ccccc1)Oc1ccccc1. The van der Waals surface area contributed by atoms with Crippen LogP contribution in [0.2, 0.25) is 0 Å². The highest BCUT2D eigenvalue weighted by molar-refractivity contribution is 7.55. The molecule has 156 valence electrons. The predicted octanol–water partition coefficient (Wildman–Crippen LogP) is 4.46. The summed E-state index contributed by atoms with van der Waals surface area (Å²) < 4.78 is 25.9. The van der Waals surface area contributed by atoms with Crippen LogP contribution in [0.5, 0.6) is 11.5 Å². The lowest BCUT2D eigenvalue weighted by molar-refractivity contribution is -0.132. The van der Waals surface area contributed by atoms with E-state index in [4.69, 9.17) is 9.05 Å². The van der Waals surface area contributed by atoms with Gasteiger partial charge in [0.2, 0.25) is 5.91 Å². The molecule has 4 rings (SSSR count). The minimum absolute atomic E-state index is 0. The van der Waals surface area contributed by atoms with Gasteiger partial charge in [-0.05, 0) is 56.5 Å². The summed E-state index contributed by atoms with van der Waals surface area (Å²) in [4.78, 5) is 14.7. The molecule has 29 heavy (non-hydrogen) atoms. The summed E-state index contributed by atoms with van der Waals surface area (Å²) in [5.41, 5.74) is 0. The first-order valence-corrected chi connectivity index (χ1v) is 11.4. The number of nitrogens with one attached hydrogen (secondary N) is 1. The topological polar surface area (TPSA) is 67.9 Å². The van der Waals surface area contributed by atoms with E-state index < -0.39 is 13.4 Å². The molecule has 8 heteroatoms. The third-order valence-electron chi connectivity index (χ3n) is 5.18. The fraction of sp³-hybridized carbons (Fsp3) is 0.381. The van der Waals surface area contributed by atoms with Crippen molar-refractivity contribution in [2.24, 2.45) is 0 Å². The van der Waals surface area contributed by atoms with Gasteiger partial charge >= 0.3 is 7.60 Å². The van der Waals surface area contributed by atoms with Crippen LogP contribution in [0, 0.1) is 0 Å². The van der Waals surface area contributed by atoms with Crippen LogP contribution < -0.4 is 14.4 Å². The van der Waals surface area contributed by atoms with E-state index in [-0.39, 0.29) is 24.4 Å². The van der Waals surface area contributed by atoms with Gasteiger partial charge in [-0.25, -0.2) is 4.57 Å². The average molecular weight is 437 g/mol. The Morgan fingerprint density at radius 1 is 0.931 bits per heavy atom. The quantitative estimate of drug-likeness (QED) is 0.677. The first kappa shape index (κ1) is 21.7. The summed E-state index contributed by atoms with van der Waals surface area (Å²) in [6.45, 7) is 1.41. The van der Waals surface area contributed by atoms with E-state index in [1.165, 1.54) is 0 Å². The molecule has 2 aromatic carbocycles. The molecule has 2 fully saturated rings. The summed E-state index contributed by atoms with van der Waals surface area (Å²) in [7, 11) is -3.68. The van der Waals surface area contributed by atoms with E-state index in [0.717, 1.165) is 25.8 Å². The Balaban J connectivity index is 0.00000240. The van der Waals surface area contributed by atoms with E-state index in [2.05, 4.69) is 5.32 Å². The zero-order valence-electron chi connectivity index (χ0n) is 16.1. The van der Waals surface area contributed by atoms with Crippen LogP contribution in [0.3, 0.4) is 0 Å². The number of hydrogen-bond acceptors (Lipinski definition) is 5. The third-order valence-corrected chi connectivity index (χ3v) is 7.38. The van der Waals surface area contributed by atoms with Gasteiger partial charge in [0.15, 0.2) is 5.78 Å². The highest BCUT2D eigenvalue weighted by Gasteiger charge is 2.48. The lowest BCUT2D eigenvalue weighted by Crippen LogP contribution is -2.46. The molecular formula is C21H26ClN2O4P. The molecule has 0 unspecified atom stereocenters. The van der Waals surface area contributed by atoms with Crippen LogP contribution in [0.4, 0.5) is 0 Å². The molecule has 0 spiro atoms. The highest BCUT2D eigenvalue weighted by atomic mass is 35.5. The number of amides is 1. The van der Waals surface area contributed by atoms with E-state index in [1.807, 2.05) is 36.4 Å². The molecule has 6 nitrogen and oxygen atoms in total. The minimum Gasteiger partial charge on any atom is -0.415 e. The maximum absolute atomic E-state index is 14.0. The Labute approximate surface area is 177 Å².